The van der Waals surface area contributed by atoms with Crippen molar-refractivity contribution in [3.8, 4) is 0 Å². The first kappa shape index (κ1) is 23.7. The van der Waals surface area contributed by atoms with Gasteiger partial charge < -0.3 is 9.64 Å². The summed E-state index contributed by atoms with van der Waals surface area (Å²) in [5, 5.41) is 0. The Morgan fingerprint density at radius 3 is 2.47 bits per heavy atom. The molecule has 1 aliphatic carbocycles. The molecule has 1 saturated carbocycles. The van der Waals surface area contributed by atoms with Crippen LogP contribution in [0.1, 0.15) is 50.6 Å². The molecule has 1 fully saturated rings. The van der Waals surface area contributed by atoms with E-state index in [1.54, 1.807) is 13.0 Å². The number of nitrogens with zero attached hydrogens (tertiary/aromatic N) is 3. The molecular formula is C26H30FN3O4. The zero-order chi connectivity index (χ0) is 24.4. The average Bonchev–Trinajstić information content (AvgIpc) is 3.15. The maximum atomic E-state index is 14.3. The van der Waals surface area contributed by atoms with Crippen molar-refractivity contribution >= 4 is 29.3 Å². The van der Waals surface area contributed by atoms with Gasteiger partial charge in [0.15, 0.2) is 0 Å². The van der Waals surface area contributed by atoms with E-state index in [0.29, 0.717) is 5.56 Å². The van der Waals surface area contributed by atoms with Gasteiger partial charge in [-0.25, -0.2) is 9.18 Å². The number of halogens is 1. The largest absolute Gasteiger partial charge is 0.453 e. The van der Waals surface area contributed by atoms with Crippen LogP contribution in [-0.4, -0.2) is 49.0 Å². The number of likely N-dealkylation sites (N-methyl/N-ethyl adjacent to an activating group) is 1. The molecular weight excluding hydrogens is 437 g/mol. The first-order chi connectivity index (χ1) is 16.3. The van der Waals surface area contributed by atoms with E-state index in [4.69, 9.17) is 4.74 Å². The number of amides is 3. The Labute approximate surface area is 199 Å². The number of carbonyl (C=O) groups excluding carboxylic acids is 3. The minimum Gasteiger partial charge on any atom is -0.453 e. The second kappa shape index (κ2) is 9.83. The predicted octanol–water partition coefficient (Wildman–Crippen LogP) is 4.67. The fraction of sp³-hybridized carbons (Fsp3) is 0.423. The molecule has 7 nitrogen and oxygen atoms in total. The van der Waals surface area contributed by atoms with Crippen LogP contribution in [0.4, 0.5) is 20.6 Å². The summed E-state index contributed by atoms with van der Waals surface area (Å²) >= 11 is 0. The Kier molecular flexibility index (Phi) is 6.86. The molecule has 8 heteroatoms. The molecule has 180 valence electrons. The maximum Gasteiger partial charge on any atom is 0.409 e. The molecule has 2 aliphatic rings. The molecule has 3 amide bonds. The van der Waals surface area contributed by atoms with E-state index in [2.05, 4.69) is 0 Å². The summed E-state index contributed by atoms with van der Waals surface area (Å²) in [7, 11) is 2.69. The van der Waals surface area contributed by atoms with Crippen LogP contribution >= 0.6 is 0 Å². The van der Waals surface area contributed by atoms with Crippen molar-refractivity contribution in [1.29, 1.82) is 0 Å². The number of hydrogen-bond acceptors (Lipinski definition) is 4. The second-order valence-electron chi connectivity index (χ2n) is 8.91. The number of ether oxygens (including phenoxy) is 1. The van der Waals surface area contributed by atoms with Crippen molar-refractivity contribution in [3.63, 3.8) is 0 Å². The van der Waals surface area contributed by atoms with Crippen LogP contribution in [0.15, 0.2) is 48.5 Å². The van der Waals surface area contributed by atoms with Crippen LogP contribution in [0.25, 0.3) is 0 Å². The minimum absolute atomic E-state index is 0.0621. The maximum absolute atomic E-state index is 14.3. The second-order valence-corrected chi connectivity index (χ2v) is 8.91. The highest BCUT2D eigenvalue weighted by molar-refractivity contribution is 6.12. The van der Waals surface area contributed by atoms with E-state index in [-0.39, 0.29) is 17.6 Å². The number of carbonyl (C=O) groups is 3. The molecule has 0 aromatic heterocycles. The normalized spacial score (nSPS) is 18.9. The molecule has 2 atom stereocenters. The standard InChI is InChI=1S/C26H30FN3O4/c1-17(28(2)26(33)34-3)24(31)30(20-13-9-10-18(27)16-20)23-21-14-7-8-15-22(21)29(25(23)32)19-11-5-4-6-12-19/h7-10,13-17,19,23H,4-6,11-12H2,1-3H3/t17-,23-/m0/s1. The van der Waals surface area contributed by atoms with Gasteiger partial charge in [-0.2, -0.15) is 0 Å². The lowest BCUT2D eigenvalue weighted by Crippen LogP contribution is -2.51. The molecule has 2 aromatic rings. The monoisotopic (exact) mass is 467 g/mol. The van der Waals surface area contributed by atoms with Gasteiger partial charge in [0, 0.05) is 30.0 Å². The zero-order valence-corrected chi connectivity index (χ0v) is 19.7. The molecule has 1 heterocycles. The lowest BCUT2D eigenvalue weighted by Gasteiger charge is -2.35. The van der Waals surface area contributed by atoms with Crippen LogP contribution in [0, 0.1) is 5.82 Å². The fourth-order valence-electron chi connectivity index (χ4n) is 4.99. The minimum atomic E-state index is -0.957. The Hall–Kier alpha value is -3.42. The third-order valence-corrected chi connectivity index (χ3v) is 6.89. The number of hydrogen-bond donors (Lipinski definition) is 0. The van der Waals surface area contributed by atoms with E-state index in [0.717, 1.165) is 37.8 Å². The highest BCUT2D eigenvalue weighted by Gasteiger charge is 2.47. The molecule has 0 spiro atoms. The third kappa shape index (κ3) is 4.24. The van der Waals surface area contributed by atoms with Crippen molar-refractivity contribution in [2.75, 3.05) is 24.0 Å². The summed E-state index contributed by atoms with van der Waals surface area (Å²) < 4.78 is 19.0. The third-order valence-electron chi connectivity index (χ3n) is 6.89. The van der Waals surface area contributed by atoms with E-state index in [1.807, 2.05) is 29.2 Å². The summed E-state index contributed by atoms with van der Waals surface area (Å²) in [6.45, 7) is 1.57. The number of anilines is 2. The first-order valence-corrected chi connectivity index (χ1v) is 11.7. The van der Waals surface area contributed by atoms with Gasteiger partial charge in [-0.15, -0.1) is 0 Å². The van der Waals surface area contributed by atoms with Crippen LogP contribution in [0.2, 0.25) is 0 Å². The van der Waals surface area contributed by atoms with Gasteiger partial charge in [0.05, 0.1) is 7.11 Å². The van der Waals surface area contributed by atoms with Gasteiger partial charge in [0.1, 0.15) is 17.9 Å². The fourth-order valence-corrected chi connectivity index (χ4v) is 4.99. The topological polar surface area (TPSA) is 70.2 Å². The zero-order valence-electron chi connectivity index (χ0n) is 19.7. The SMILES string of the molecule is COC(=O)N(C)[C@@H](C)C(=O)N(c1cccc(F)c1)[C@@H]1C(=O)N(C2CCCCC2)c2ccccc21. The van der Waals surface area contributed by atoms with Crippen molar-refractivity contribution in [2.24, 2.45) is 0 Å². The number of methoxy groups -OCH3 is 1. The van der Waals surface area contributed by atoms with E-state index in [1.165, 1.54) is 42.2 Å². The summed E-state index contributed by atoms with van der Waals surface area (Å²) in [6, 6.07) is 11.3. The Bertz CT molecular complexity index is 1090. The molecule has 0 radical (unpaired) electrons. The number of fused-ring (bicyclic) bond motifs is 1. The van der Waals surface area contributed by atoms with Crippen LogP contribution < -0.4 is 9.80 Å². The molecule has 0 N–H and O–H groups in total. The van der Waals surface area contributed by atoms with E-state index >= 15 is 0 Å². The van der Waals surface area contributed by atoms with Crippen LogP contribution in [0.5, 0.6) is 0 Å². The Morgan fingerprint density at radius 2 is 1.79 bits per heavy atom. The Morgan fingerprint density at radius 1 is 1.09 bits per heavy atom. The van der Waals surface area contributed by atoms with Crippen molar-refractivity contribution in [2.45, 2.75) is 57.2 Å². The lowest BCUT2D eigenvalue weighted by atomic mass is 9.94. The average molecular weight is 468 g/mol. The number of para-hydroxylation sites is 1. The van der Waals surface area contributed by atoms with E-state index in [9.17, 15) is 18.8 Å². The first-order valence-electron chi connectivity index (χ1n) is 11.7. The van der Waals surface area contributed by atoms with Gasteiger partial charge in [-0.1, -0.05) is 43.5 Å². The molecule has 0 bridgehead atoms. The van der Waals surface area contributed by atoms with Crippen LogP contribution in [-0.2, 0) is 14.3 Å². The molecule has 0 saturated heterocycles. The summed E-state index contributed by atoms with van der Waals surface area (Å²) in [5.74, 6) is -1.23. The van der Waals surface area contributed by atoms with Crippen molar-refractivity contribution in [3.05, 3.63) is 59.9 Å². The lowest BCUT2D eigenvalue weighted by molar-refractivity contribution is -0.127. The predicted molar refractivity (Wildman–Crippen MR) is 127 cm³/mol. The number of benzene rings is 2. The molecule has 4 rings (SSSR count). The molecule has 34 heavy (non-hydrogen) atoms. The smallest absolute Gasteiger partial charge is 0.409 e. The van der Waals surface area contributed by atoms with Gasteiger partial charge in [0.2, 0.25) is 0 Å². The molecule has 1 aliphatic heterocycles. The highest BCUT2D eigenvalue weighted by atomic mass is 19.1. The molecule has 0 unspecified atom stereocenters. The summed E-state index contributed by atoms with van der Waals surface area (Å²) in [6.07, 6.45) is 4.38. The molecule has 2 aromatic carbocycles. The van der Waals surface area contributed by atoms with Crippen LogP contribution in [0.3, 0.4) is 0 Å². The quantitative estimate of drug-likeness (QED) is 0.641. The van der Waals surface area contributed by atoms with Gasteiger partial charge in [-0.3, -0.25) is 19.4 Å². The van der Waals surface area contributed by atoms with Gasteiger partial charge >= 0.3 is 6.09 Å². The van der Waals surface area contributed by atoms with Crippen molar-refractivity contribution in [1.82, 2.24) is 4.90 Å². The highest BCUT2D eigenvalue weighted by Crippen LogP contribution is 2.44. The van der Waals surface area contributed by atoms with Gasteiger partial charge in [-0.05, 0) is 44.0 Å². The Balaban J connectivity index is 1.80. The summed E-state index contributed by atoms with van der Waals surface area (Å²) in [5.41, 5.74) is 1.74. The van der Waals surface area contributed by atoms with E-state index < -0.39 is 29.9 Å². The summed E-state index contributed by atoms with van der Waals surface area (Å²) in [4.78, 5) is 44.2. The number of rotatable bonds is 5. The van der Waals surface area contributed by atoms with Crippen molar-refractivity contribution < 1.29 is 23.5 Å². The van der Waals surface area contributed by atoms with Gasteiger partial charge in [0.25, 0.3) is 11.8 Å².